The first kappa shape index (κ1) is 18.9. The lowest BCUT2D eigenvalue weighted by Crippen LogP contribution is -2.42. The zero-order chi connectivity index (χ0) is 19.5. The largest absolute Gasteiger partial charge is 0.495 e. The predicted octanol–water partition coefficient (Wildman–Crippen LogP) is 2.42. The Morgan fingerprint density at radius 1 is 1.29 bits per heavy atom. The van der Waals surface area contributed by atoms with E-state index in [1.165, 1.54) is 11.1 Å². The van der Waals surface area contributed by atoms with Crippen molar-refractivity contribution in [2.45, 2.75) is 44.5 Å². The molecule has 0 unspecified atom stereocenters. The third kappa shape index (κ3) is 4.18. The average molecular weight is 381 g/mol. The van der Waals surface area contributed by atoms with Crippen molar-refractivity contribution in [2.24, 2.45) is 5.92 Å². The Kier molecular flexibility index (Phi) is 5.59. The Labute approximate surface area is 165 Å². The number of aliphatic hydroxyl groups is 1. The van der Waals surface area contributed by atoms with Crippen molar-refractivity contribution in [2.75, 3.05) is 13.7 Å². The molecule has 2 aliphatic rings. The van der Waals surface area contributed by atoms with E-state index < -0.39 is 0 Å². The number of carbonyl (C=O) groups excluding carboxylic acids is 1. The van der Waals surface area contributed by atoms with Crippen LogP contribution in [0.5, 0.6) is 5.75 Å². The van der Waals surface area contributed by atoms with E-state index in [0.29, 0.717) is 25.0 Å². The van der Waals surface area contributed by atoms with Gasteiger partial charge < -0.3 is 15.2 Å². The van der Waals surface area contributed by atoms with Gasteiger partial charge in [0.15, 0.2) is 0 Å². The first-order valence-electron chi connectivity index (χ1n) is 9.88. The van der Waals surface area contributed by atoms with E-state index in [1.54, 1.807) is 19.5 Å². The molecule has 0 saturated heterocycles. The van der Waals surface area contributed by atoms with Crippen LogP contribution in [0.3, 0.4) is 0 Å². The summed E-state index contributed by atoms with van der Waals surface area (Å²) in [6.07, 6.45) is 5.01. The number of amides is 1. The summed E-state index contributed by atoms with van der Waals surface area (Å²) in [6, 6.07) is 10.2. The van der Waals surface area contributed by atoms with E-state index in [0.717, 1.165) is 25.2 Å². The van der Waals surface area contributed by atoms with Gasteiger partial charge in [0.05, 0.1) is 25.5 Å². The number of aliphatic hydroxyl groups excluding tert-OH is 1. The number of rotatable bonds is 7. The highest BCUT2D eigenvalue weighted by atomic mass is 16.5. The van der Waals surface area contributed by atoms with Gasteiger partial charge in [-0.05, 0) is 41.5 Å². The van der Waals surface area contributed by atoms with Crippen molar-refractivity contribution in [3.8, 4) is 5.75 Å². The molecule has 0 radical (unpaired) electrons. The summed E-state index contributed by atoms with van der Waals surface area (Å²) in [5.41, 5.74) is 3.64. The van der Waals surface area contributed by atoms with Crippen molar-refractivity contribution < 1.29 is 14.6 Å². The molecule has 6 nitrogen and oxygen atoms in total. The molecule has 1 fully saturated rings. The first-order valence-corrected chi connectivity index (χ1v) is 9.88. The van der Waals surface area contributed by atoms with Crippen molar-refractivity contribution in [1.82, 2.24) is 15.2 Å². The van der Waals surface area contributed by atoms with E-state index in [1.807, 2.05) is 6.07 Å². The fraction of sp³-hybridized carbons (Fsp3) is 0.455. The molecule has 1 aromatic heterocycles. The molecule has 2 aromatic rings. The zero-order valence-corrected chi connectivity index (χ0v) is 16.2. The van der Waals surface area contributed by atoms with Gasteiger partial charge in [0.2, 0.25) is 5.91 Å². The Balaban J connectivity index is 1.36. The number of nitrogens with zero attached hydrogens (tertiary/aromatic N) is 2. The maximum absolute atomic E-state index is 12.7. The Morgan fingerprint density at radius 2 is 2.00 bits per heavy atom. The van der Waals surface area contributed by atoms with Gasteiger partial charge in [-0.3, -0.25) is 14.7 Å². The van der Waals surface area contributed by atoms with Gasteiger partial charge in [-0.1, -0.05) is 24.3 Å². The molecule has 4 rings (SSSR count). The zero-order valence-electron chi connectivity index (χ0n) is 16.2. The number of fused-ring (bicyclic) bond motifs is 1. The molecule has 1 saturated carbocycles. The van der Waals surface area contributed by atoms with Gasteiger partial charge in [0.25, 0.3) is 0 Å². The van der Waals surface area contributed by atoms with Gasteiger partial charge >= 0.3 is 0 Å². The van der Waals surface area contributed by atoms with E-state index >= 15 is 0 Å². The average Bonchev–Trinajstić information content (AvgIpc) is 3.11. The van der Waals surface area contributed by atoms with E-state index in [2.05, 4.69) is 39.5 Å². The van der Waals surface area contributed by atoms with Crippen LogP contribution in [0, 0.1) is 5.92 Å². The van der Waals surface area contributed by atoms with Crippen molar-refractivity contribution in [1.29, 1.82) is 0 Å². The second-order valence-corrected chi connectivity index (χ2v) is 7.82. The number of hydrogen-bond donors (Lipinski definition) is 2. The van der Waals surface area contributed by atoms with Gasteiger partial charge in [-0.15, -0.1) is 0 Å². The molecule has 0 spiro atoms. The fourth-order valence-corrected chi connectivity index (χ4v) is 4.16. The van der Waals surface area contributed by atoms with Gasteiger partial charge in [0, 0.05) is 32.3 Å². The van der Waals surface area contributed by atoms with Crippen LogP contribution in [0.1, 0.15) is 42.0 Å². The number of carbonyl (C=O) groups is 1. The summed E-state index contributed by atoms with van der Waals surface area (Å²) in [6.45, 7) is 2.54. The van der Waals surface area contributed by atoms with Crippen LogP contribution in [0.25, 0.3) is 0 Å². The highest BCUT2D eigenvalue weighted by Gasteiger charge is 2.36. The Morgan fingerprint density at radius 3 is 2.64 bits per heavy atom. The summed E-state index contributed by atoms with van der Waals surface area (Å²) in [4.78, 5) is 19.2. The summed E-state index contributed by atoms with van der Waals surface area (Å²) in [7, 11) is 1.61. The third-order valence-electron chi connectivity index (χ3n) is 5.83. The van der Waals surface area contributed by atoms with E-state index in [-0.39, 0.29) is 24.0 Å². The maximum atomic E-state index is 12.7. The van der Waals surface area contributed by atoms with Crippen LogP contribution in [0.4, 0.5) is 0 Å². The molecular formula is C22H27N3O3. The molecule has 6 heteroatoms. The number of hydrogen-bond acceptors (Lipinski definition) is 5. The van der Waals surface area contributed by atoms with Crippen LogP contribution < -0.4 is 10.1 Å². The lowest BCUT2D eigenvalue weighted by Gasteiger charge is -2.38. The minimum absolute atomic E-state index is 0.0326. The van der Waals surface area contributed by atoms with Crippen molar-refractivity contribution >= 4 is 5.91 Å². The summed E-state index contributed by atoms with van der Waals surface area (Å²) in [5.74, 6) is 0.931. The molecule has 1 aliphatic carbocycles. The molecule has 2 N–H and O–H groups in total. The smallest absolute Gasteiger partial charge is 0.221 e. The Hall–Kier alpha value is -2.44. The number of pyridine rings is 1. The minimum atomic E-state index is -0.272. The standard InChI is InChI=1S/C22H27N3O3/c1-28-20-10-18(11-23-12-20)22(17-8-19(26)9-17)24-21(27)6-7-25-13-15-4-2-3-5-16(15)14-25/h2-5,10-12,17,19,22,26H,6-9,13-14H2,1H3,(H,24,27)/t17?,19?,22-/m1/s1. The summed E-state index contributed by atoms with van der Waals surface area (Å²) in [5, 5.41) is 12.9. The second kappa shape index (κ2) is 8.29. The van der Waals surface area contributed by atoms with Gasteiger partial charge in [-0.25, -0.2) is 0 Å². The second-order valence-electron chi connectivity index (χ2n) is 7.82. The minimum Gasteiger partial charge on any atom is -0.495 e. The van der Waals surface area contributed by atoms with Crippen LogP contribution in [0.2, 0.25) is 0 Å². The lowest BCUT2D eigenvalue weighted by molar-refractivity contribution is -0.123. The number of methoxy groups -OCH3 is 1. The summed E-state index contributed by atoms with van der Waals surface area (Å²) >= 11 is 0. The highest BCUT2D eigenvalue weighted by molar-refractivity contribution is 5.76. The van der Waals surface area contributed by atoms with E-state index in [4.69, 9.17) is 4.74 Å². The lowest BCUT2D eigenvalue weighted by atomic mass is 9.75. The molecule has 0 bridgehead atoms. The molecule has 1 atom stereocenters. The number of aromatic nitrogens is 1. The van der Waals surface area contributed by atoms with Crippen LogP contribution >= 0.6 is 0 Å². The third-order valence-corrected chi connectivity index (χ3v) is 5.83. The predicted molar refractivity (Wildman–Crippen MR) is 106 cm³/mol. The Bertz CT molecular complexity index is 810. The quantitative estimate of drug-likeness (QED) is 0.771. The summed E-state index contributed by atoms with van der Waals surface area (Å²) < 4.78 is 5.28. The van der Waals surface area contributed by atoms with Crippen LogP contribution in [-0.2, 0) is 17.9 Å². The SMILES string of the molecule is COc1cncc([C@H](NC(=O)CCN2Cc3ccccc3C2)C2CC(O)C2)c1. The number of nitrogens with one attached hydrogen (secondary N) is 1. The fourth-order valence-electron chi connectivity index (χ4n) is 4.16. The highest BCUT2D eigenvalue weighted by Crippen LogP contribution is 2.38. The van der Waals surface area contributed by atoms with Crippen molar-refractivity contribution in [3.63, 3.8) is 0 Å². The molecule has 2 heterocycles. The van der Waals surface area contributed by atoms with E-state index in [9.17, 15) is 9.90 Å². The molecule has 148 valence electrons. The van der Waals surface area contributed by atoms with Gasteiger partial charge in [-0.2, -0.15) is 0 Å². The van der Waals surface area contributed by atoms with Crippen molar-refractivity contribution in [3.05, 3.63) is 59.4 Å². The van der Waals surface area contributed by atoms with Crippen LogP contribution in [-0.4, -0.2) is 40.7 Å². The van der Waals surface area contributed by atoms with Gasteiger partial charge in [0.1, 0.15) is 5.75 Å². The number of ether oxygens (including phenoxy) is 1. The monoisotopic (exact) mass is 381 g/mol. The molecule has 28 heavy (non-hydrogen) atoms. The molecule has 1 aromatic carbocycles. The molecule has 1 aliphatic heterocycles. The first-order chi connectivity index (χ1) is 13.6. The van der Waals surface area contributed by atoms with Crippen LogP contribution in [0.15, 0.2) is 42.7 Å². The molecular weight excluding hydrogens is 354 g/mol. The maximum Gasteiger partial charge on any atom is 0.221 e. The number of benzene rings is 1. The normalized spacial score (nSPS) is 22.2. The molecule has 1 amide bonds. The topological polar surface area (TPSA) is 74.7 Å².